The van der Waals surface area contributed by atoms with Crippen molar-refractivity contribution in [1.29, 1.82) is 0 Å². The Labute approximate surface area is 419 Å². The zero-order valence-corrected chi connectivity index (χ0v) is 46.7. The maximum Gasteiger partial charge on any atom is 0.306 e. The van der Waals surface area contributed by atoms with Crippen LogP contribution in [0.2, 0.25) is 0 Å². The van der Waals surface area contributed by atoms with Crippen molar-refractivity contribution >= 4 is 39.4 Å². The van der Waals surface area contributed by atoms with E-state index < -0.39 is 0 Å². The predicted molar refractivity (Wildman–Crippen MR) is 292 cm³/mol. The second kappa shape index (κ2) is 50.5. The lowest BCUT2D eigenvalue weighted by atomic mass is 9.98. The van der Waals surface area contributed by atoms with Crippen LogP contribution in [0, 0.1) is 0 Å². The molecule has 0 aromatic rings. The summed E-state index contributed by atoms with van der Waals surface area (Å²) < 4.78 is 12.1. The van der Waals surface area contributed by atoms with Crippen LogP contribution in [0.4, 0.5) is 0 Å². The fraction of sp³-hybridized carbons (Fsp3) is 0.947. The van der Waals surface area contributed by atoms with Crippen LogP contribution in [-0.4, -0.2) is 84.6 Å². The molecule has 0 aliphatic carbocycles. The summed E-state index contributed by atoms with van der Waals surface area (Å²) in [6.07, 6.45) is 44.6. The highest BCUT2D eigenvalue weighted by atomic mass is 33.1. The van der Waals surface area contributed by atoms with Crippen molar-refractivity contribution in [2.45, 2.75) is 310 Å². The Balaban J connectivity index is 5.08. The largest absolute Gasteiger partial charge is 0.462 e. The molecule has 392 valence electrons. The van der Waals surface area contributed by atoms with Crippen LogP contribution < -0.4 is 0 Å². The molecule has 1 amide bonds. The Kier molecular flexibility index (Phi) is 49.7. The van der Waals surface area contributed by atoms with Gasteiger partial charge in [-0.1, -0.05) is 204 Å². The van der Waals surface area contributed by atoms with E-state index in [1.54, 1.807) is 0 Å². The highest BCUT2D eigenvalue weighted by Gasteiger charge is 2.23. The van der Waals surface area contributed by atoms with Gasteiger partial charge in [0, 0.05) is 43.4 Å². The monoisotopic (exact) mass is 969 g/mol. The van der Waals surface area contributed by atoms with Gasteiger partial charge in [-0.25, -0.2) is 0 Å². The Hall–Kier alpha value is -0.930. The van der Waals surface area contributed by atoms with Crippen molar-refractivity contribution in [3.63, 3.8) is 0 Å². The molecule has 0 aromatic carbocycles. The molecule has 0 aliphatic rings. The summed E-state index contributed by atoms with van der Waals surface area (Å²) in [5.74, 6) is 2.42. The number of carbonyl (C=O) groups excluding carboxylic acids is 3. The van der Waals surface area contributed by atoms with Crippen molar-refractivity contribution in [1.82, 2.24) is 9.80 Å². The summed E-state index contributed by atoms with van der Waals surface area (Å²) >= 11 is 0. The predicted octanol–water partition coefficient (Wildman–Crippen LogP) is 17.7. The first-order chi connectivity index (χ1) is 32.2. The standard InChI is InChI=1S/C57H112N2O5S2/c1-8-13-18-32-41-53(42-33-19-14-9-2)63-56(61)45-36-28-24-22-26-30-39-52(59(49-38-48-58(6)7)55(60)47-51-66-65-50-17-12-5)40-31-27-23-25-29-37-46-57(62)64-54(43-34-20-15-10-3)44-35-21-16-11-4/h52-54H,8-51H2,1-7H3. The minimum atomic E-state index is 0.0100. The van der Waals surface area contributed by atoms with Gasteiger partial charge in [-0.15, -0.1) is 0 Å². The molecule has 0 unspecified atom stereocenters. The summed E-state index contributed by atoms with van der Waals surface area (Å²) in [7, 11) is 8.05. The van der Waals surface area contributed by atoms with Gasteiger partial charge in [0.2, 0.25) is 5.91 Å². The van der Waals surface area contributed by atoms with Crippen molar-refractivity contribution in [3.05, 3.63) is 0 Å². The maximum atomic E-state index is 13.9. The van der Waals surface area contributed by atoms with Crippen molar-refractivity contribution < 1.29 is 23.9 Å². The van der Waals surface area contributed by atoms with Gasteiger partial charge < -0.3 is 19.3 Å². The lowest BCUT2D eigenvalue weighted by Crippen LogP contribution is -2.42. The summed E-state index contributed by atoms with van der Waals surface area (Å²) in [6.45, 7) is 13.1. The van der Waals surface area contributed by atoms with E-state index in [0.717, 1.165) is 121 Å². The van der Waals surface area contributed by atoms with Crippen molar-refractivity contribution in [3.8, 4) is 0 Å². The highest BCUT2D eigenvalue weighted by molar-refractivity contribution is 8.76. The number of ether oxygens (including phenoxy) is 2. The third-order valence-corrected chi connectivity index (χ3v) is 15.8. The minimum Gasteiger partial charge on any atom is -0.462 e. The lowest BCUT2D eigenvalue weighted by molar-refractivity contribution is -0.151. The normalized spacial score (nSPS) is 11.7. The van der Waals surface area contributed by atoms with Crippen LogP contribution >= 0.6 is 21.6 Å². The van der Waals surface area contributed by atoms with Crippen molar-refractivity contribution in [2.24, 2.45) is 0 Å². The molecule has 7 nitrogen and oxygen atoms in total. The van der Waals surface area contributed by atoms with Gasteiger partial charge in [-0.3, -0.25) is 14.4 Å². The molecule has 0 N–H and O–H groups in total. The van der Waals surface area contributed by atoms with E-state index in [0.29, 0.717) is 31.2 Å². The SMILES string of the molecule is CCCCCCC(CCCCCC)OC(=O)CCCCCCCCC(CCCCCCCCC(=O)OC(CCCCCC)CCCCCC)N(CCCN(C)C)C(=O)CCSSCCCC. The number of esters is 2. The second-order valence-corrected chi connectivity index (χ2v) is 22.8. The molecule has 0 aliphatic heterocycles. The van der Waals surface area contributed by atoms with Crippen LogP contribution in [0.15, 0.2) is 0 Å². The summed E-state index contributed by atoms with van der Waals surface area (Å²) in [5.41, 5.74) is 0. The average Bonchev–Trinajstić information content (AvgIpc) is 3.30. The zero-order chi connectivity index (χ0) is 48.6. The third kappa shape index (κ3) is 43.1. The van der Waals surface area contributed by atoms with E-state index >= 15 is 0 Å². The number of hydrogen-bond acceptors (Lipinski definition) is 8. The molecule has 9 heteroatoms. The molecule has 0 saturated carbocycles. The molecule has 0 bridgehead atoms. The fourth-order valence-electron chi connectivity index (χ4n) is 9.04. The molecule has 0 radical (unpaired) electrons. The minimum absolute atomic E-state index is 0.0100. The molecule has 0 atom stereocenters. The van der Waals surface area contributed by atoms with Crippen LogP contribution in [0.3, 0.4) is 0 Å². The molecule has 0 saturated heterocycles. The first-order valence-electron chi connectivity index (χ1n) is 28.8. The Morgan fingerprint density at radius 2 is 0.727 bits per heavy atom. The molecule has 0 aromatic heterocycles. The van der Waals surface area contributed by atoms with Gasteiger partial charge in [0.1, 0.15) is 12.2 Å². The smallest absolute Gasteiger partial charge is 0.306 e. The zero-order valence-electron chi connectivity index (χ0n) is 45.1. The molecule has 66 heavy (non-hydrogen) atoms. The number of rotatable bonds is 52. The molecule has 0 spiro atoms. The second-order valence-electron chi connectivity index (χ2n) is 20.1. The third-order valence-electron chi connectivity index (χ3n) is 13.3. The van der Waals surface area contributed by atoms with Gasteiger partial charge in [-0.05, 0) is 111 Å². The van der Waals surface area contributed by atoms with Crippen LogP contribution in [-0.2, 0) is 23.9 Å². The quantitative estimate of drug-likeness (QED) is 0.0339. The van der Waals surface area contributed by atoms with Crippen LogP contribution in [0.25, 0.3) is 0 Å². The van der Waals surface area contributed by atoms with Gasteiger partial charge >= 0.3 is 11.9 Å². The topological polar surface area (TPSA) is 76.2 Å². The Morgan fingerprint density at radius 3 is 1.12 bits per heavy atom. The number of amides is 1. The first kappa shape index (κ1) is 65.1. The summed E-state index contributed by atoms with van der Waals surface area (Å²) in [4.78, 5) is 44.1. The number of hydrogen-bond donors (Lipinski definition) is 0. The molecular weight excluding hydrogens is 857 g/mol. The number of carbonyl (C=O) groups is 3. The Bertz CT molecular complexity index is 982. The van der Waals surface area contributed by atoms with Gasteiger partial charge in [0.25, 0.3) is 0 Å². The van der Waals surface area contributed by atoms with E-state index in [1.165, 1.54) is 141 Å². The average molecular weight is 970 g/mol. The maximum absolute atomic E-state index is 13.9. The van der Waals surface area contributed by atoms with E-state index in [9.17, 15) is 14.4 Å². The summed E-state index contributed by atoms with van der Waals surface area (Å²) in [6, 6.07) is 0.302. The fourth-order valence-corrected chi connectivity index (χ4v) is 11.3. The van der Waals surface area contributed by atoms with E-state index in [4.69, 9.17) is 9.47 Å². The summed E-state index contributed by atoms with van der Waals surface area (Å²) in [5, 5.41) is 0. The Morgan fingerprint density at radius 1 is 0.379 bits per heavy atom. The van der Waals surface area contributed by atoms with E-state index in [2.05, 4.69) is 58.5 Å². The highest BCUT2D eigenvalue weighted by Crippen LogP contribution is 2.26. The van der Waals surface area contributed by atoms with Crippen LogP contribution in [0.1, 0.15) is 291 Å². The van der Waals surface area contributed by atoms with E-state index in [1.807, 2.05) is 21.6 Å². The number of nitrogens with zero attached hydrogens (tertiary/aromatic N) is 2. The van der Waals surface area contributed by atoms with Gasteiger partial charge in [0.15, 0.2) is 0 Å². The van der Waals surface area contributed by atoms with Gasteiger partial charge in [0.05, 0.1) is 0 Å². The van der Waals surface area contributed by atoms with Crippen molar-refractivity contribution in [2.75, 3.05) is 38.7 Å². The molecular formula is C57H112N2O5S2. The number of unbranched alkanes of at least 4 members (excludes halogenated alkanes) is 23. The van der Waals surface area contributed by atoms with Crippen LogP contribution in [0.5, 0.6) is 0 Å². The van der Waals surface area contributed by atoms with Gasteiger partial charge in [-0.2, -0.15) is 0 Å². The molecule has 0 rings (SSSR count). The first-order valence-corrected chi connectivity index (χ1v) is 31.3. The molecule has 0 fully saturated rings. The molecule has 0 heterocycles. The lowest BCUT2D eigenvalue weighted by Gasteiger charge is -2.33. The van der Waals surface area contributed by atoms with E-state index in [-0.39, 0.29) is 24.1 Å².